The number of likely N-dealkylation sites (N-methyl/N-ethyl adjacent to an activating group) is 1. The van der Waals surface area contributed by atoms with Gasteiger partial charge in [-0.1, -0.05) is 30.3 Å². The van der Waals surface area contributed by atoms with Crippen LogP contribution in [0.5, 0.6) is 0 Å². The fraction of sp³-hybridized carbons (Fsp3) is 0.333. The molecule has 134 valence electrons. The van der Waals surface area contributed by atoms with Crippen molar-refractivity contribution in [1.82, 2.24) is 15.1 Å². The highest BCUT2D eigenvalue weighted by Gasteiger charge is 2.17. The summed E-state index contributed by atoms with van der Waals surface area (Å²) in [7, 11) is 3.92. The molecule has 0 aliphatic rings. The molecule has 25 heavy (non-hydrogen) atoms. The first-order chi connectivity index (χ1) is 12.0. The minimum Gasteiger partial charge on any atom is -0.444 e. The number of nitrogens with one attached hydrogen (secondary N) is 1. The fourth-order valence-corrected chi connectivity index (χ4v) is 2.51. The summed E-state index contributed by atoms with van der Waals surface area (Å²) >= 11 is 3.15. The van der Waals surface area contributed by atoms with Crippen molar-refractivity contribution in [1.29, 1.82) is 0 Å². The van der Waals surface area contributed by atoms with Crippen LogP contribution in [0.25, 0.3) is 0 Å². The van der Waals surface area contributed by atoms with E-state index in [9.17, 15) is 9.59 Å². The number of halogens is 1. The number of carbonyl (C=O) groups excluding carboxylic acids is 2. The lowest BCUT2D eigenvalue weighted by Crippen LogP contribution is -2.42. The molecule has 2 amide bonds. The number of hydrogen-bond acceptors (Lipinski definition) is 4. The first kappa shape index (κ1) is 19.2. The lowest BCUT2D eigenvalue weighted by Gasteiger charge is -2.24. The van der Waals surface area contributed by atoms with E-state index in [-0.39, 0.29) is 18.2 Å². The molecule has 0 saturated carbocycles. The van der Waals surface area contributed by atoms with Gasteiger partial charge in [0.2, 0.25) is 5.91 Å². The number of furan rings is 1. The maximum atomic E-state index is 12.6. The van der Waals surface area contributed by atoms with Crippen LogP contribution in [0.2, 0.25) is 0 Å². The summed E-state index contributed by atoms with van der Waals surface area (Å²) in [4.78, 5) is 28.3. The van der Waals surface area contributed by atoms with Gasteiger partial charge in [0, 0.05) is 19.6 Å². The van der Waals surface area contributed by atoms with Crippen LogP contribution >= 0.6 is 15.9 Å². The minimum absolute atomic E-state index is 0.0720. The van der Waals surface area contributed by atoms with Gasteiger partial charge in [-0.15, -0.1) is 0 Å². The average molecular weight is 408 g/mol. The van der Waals surface area contributed by atoms with Gasteiger partial charge >= 0.3 is 0 Å². The van der Waals surface area contributed by atoms with Gasteiger partial charge in [-0.05, 0) is 47.7 Å². The Hall–Kier alpha value is -2.12. The molecule has 0 bridgehead atoms. The molecule has 0 unspecified atom stereocenters. The first-order valence-corrected chi connectivity index (χ1v) is 8.75. The van der Waals surface area contributed by atoms with E-state index in [2.05, 4.69) is 21.2 Å². The summed E-state index contributed by atoms with van der Waals surface area (Å²) in [6.45, 7) is 1.77. The van der Waals surface area contributed by atoms with Crippen LogP contribution in [0.4, 0.5) is 0 Å². The monoisotopic (exact) mass is 407 g/mol. The zero-order valence-electron chi connectivity index (χ0n) is 14.4. The predicted molar refractivity (Wildman–Crippen MR) is 99.2 cm³/mol. The summed E-state index contributed by atoms with van der Waals surface area (Å²) in [5, 5.41) is 2.61. The molecule has 0 aliphatic carbocycles. The van der Waals surface area contributed by atoms with Crippen molar-refractivity contribution < 1.29 is 14.0 Å². The summed E-state index contributed by atoms with van der Waals surface area (Å²) in [5.74, 6) is -0.376. The standard InChI is InChI=1S/C18H22BrN3O3/c1-21(2)10-11-22(13-14-6-4-3-5-7-14)17(23)12-20-18(24)15-8-9-16(19)25-15/h3-9H,10-13H2,1-2H3,(H,20,24). The number of benzene rings is 1. The van der Waals surface area contributed by atoms with E-state index in [1.807, 2.05) is 49.3 Å². The van der Waals surface area contributed by atoms with Crippen molar-refractivity contribution in [3.05, 3.63) is 58.5 Å². The maximum absolute atomic E-state index is 12.6. The largest absolute Gasteiger partial charge is 0.444 e. The van der Waals surface area contributed by atoms with Crippen molar-refractivity contribution >= 4 is 27.7 Å². The van der Waals surface area contributed by atoms with E-state index in [1.54, 1.807) is 17.0 Å². The zero-order valence-corrected chi connectivity index (χ0v) is 16.0. The number of rotatable bonds is 8. The molecule has 0 atom stereocenters. The molecule has 2 aromatic rings. The highest BCUT2D eigenvalue weighted by Crippen LogP contribution is 2.13. The highest BCUT2D eigenvalue weighted by atomic mass is 79.9. The number of nitrogens with zero attached hydrogens (tertiary/aromatic N) is 2. The number of hydrogen-bond donors (Lipinski definition) is 1. The average Bonchev–Trinajstić information content (AvgIpc) is 3.03. The molecular formula is C18H22BrN3O3. The minimum atomic E-state index is -0.411. The Morgan fingerprint density at radius 3 is 2.40 bits per heavy atom. The van der Waals surface area contributed by atoms with Gasteiger partial charge in [0.1, 0.15) is 0 Å². The van der Waals surface area contributed by atoms with Gasteiger partial charge in [0.25, 0.3) is 5.91 Å². The van der Waals surface area contributed by atoms with E-state index in [1.165, 1.54) is 0 Å². The fourth-order valence-electron chi connectivity index (χ4n) is 2.21. The molecule has 1 N–H and O–H groups in total. The van der Waals surface area contributed by atoms with Gasteiger partial charge in [-0.2, -0.15) is 0 Å². The Morgan fingerprint density at radius 2 is 1.80 bits per heavy atom. The molecule has 0 fully saturated rings. The Kier molecular flexibility index (Phi) is 7.21. The van der Waals surface area contributed by atoms with Gasteiger partial charge in [0.15, 0.2) is 10.4 Å². The molecule has 1 aromatic carbocycles. The third-order valence-corrected chi connectivity index (χ3v) is 4.01. The summed E-state index contributed by atoms with van der Waals surface area (Å²) in [6.07, 6.45) is 0. The van der Waals surface area contributed by atoms with Crippen LogP contribution in [-0.2, 0) is 11.3 Å². The first-order valence-electron chi connectivity index (χ1n) is 7.95. The molecule has 1 heterocycles. The molecule has 1 aromatic heterocycles. The molecule has 7 heteroatoms. The maximum Gasteiger partial charge on any atom is 0.287 e. The summed E-state index contributed by atoms with van der Waals surface area (Å²) in [6, 6.07) is 13.0. The van der Waals surface area contributed by atoms with Crippen molar-refractivity contribution in [3.63, 3.8) is 0 Å². The predicted octanol–water partition coefficient (Wildman–Crippen LogP) is 2.36. The lowest BCUT2D eigenvalue weighted by molar-refractivity contribution is -0.130. The Labute approximate surface area is 155 Å². The molecule has 0 saturated heterocycles. The molecule has 0 radical (unpaired) electrons. The molecule has 6 nitrogen and oxygen atoms in total. The van der Waals surface area contributed by atoms with Crippen molar-refractivity contribution in [2.45, 2.75) is 6.54 Å². The summed E-state index contributed by atoms with van der Waals surface area (Å²) < 4.78 is 5.66. The Balaban J connectivity index is 1.95. The third kappa shape index (κ3) is 6.36. The molecular weight excluding hydrogens is 386 g/mol. The van der Waals surface area contributed by atoms with Crippen LogP contribution in [-0.4, -0.2) is 55.3 Å². The Bertz CT molecular complexity index is 701. The second-order valence-corrected chi connectivity index (χ2v) is 6.67. The molecule has 2 rings (SSSR count). The second-order valence-electron chi connectivity index (χ2n) is 5.89. The normalized spacial score (nSPS) is 10.7. The number of amides is 2. The van der Waals surface area contributed by atoms with Gasteiger partial charge in [-0.3, -0.25) is 9.59 Å². The van der Waals surface area contributed by atoms with Crippen LogP contribution in [0.3, 0.4) is 0 Å². The van der Waals surface area contributed by atoms with Crippen LogP contribution in [0.15, 0.2) is 51.6 Å². The molecule has 0 aliphatic heterocycles. The van der Waals surface area contributed by atoms with Gasteiger partial charge in [0.05, 0.1) is 6.54 Å². The zero-order chi connectivity index (χ0) is 18.2. The van der Waals surface area contributed by atoms with Crippen molar-refractivity contribution in [2.24, 2.45) is 0 Å². The van der Waals surface area contributed by atoms with E-state index < -0.39 is 5.91 Å². The highest BCUT2D eigenvalue weighted by molar-refractivity contribution is 9.10. The van der Waals surface area contributed by atoms with Crippen LogP contribution < -0.4 is 5.32 Å². The third-order valence-electron chi connectivity index (χ3n) is 3.58. The van der Waals surface area contributed by atoms with Crippen LogP contribution in [0, 0.1) is 0 Å². The number of carbonyl (C=O) groups is 2. The van der Waals surface area contributed by atoms with Crippen molar-refractivity contribution in [2.75, 3.05) is 33.7 Å². The van der Waals surface area contributed by atoms with E-state index in [0.29, 0.717) is 17.8 Å². The van der Waals surface area contributed by atoms with E-state index in [0.717, 1.165) is 12.1 Å². The van der Waals surface area contributed by atoms with E-state index >= 15 is 0 Å². The smallest absolute Gasteiger partial charge is 0.287 e. The van der Waals surface area contributed by atoms with E-state index in [4.69, 9.17) is 4.42 Å². The van der Waals surface area contributed by atoms with Crippen LogP contribution in [0.1, 0.15) is 16.1 Å². The lowest BCUT2D eigenvalue weighted by atomic mass is 10.2. The second kappa shape index (κ2) is 9.39. The quantitative estimate of drug-likeness (QED) is 0.729. The topological polar surface area (TPSA) is 65.8 Å². The van der Waals surface area contributed by atoms with Crippen molar-refractivity contribution in [3.8, 4) is 0 Å². The van der Waals surface area contributed by atoms with Gasteiger partial charge in [-0.25, -0.2) is 0 Å². The van der Waals surface area contributed by atoms with Gasteiger partial charge < -0.3 is 19.5 Å². The SMILES string of the molecule is CN(C)CCN(Cc1ccccc1)C(=O)CNC(=O)c1ccc(Br)o1. The summed E-state index contributed by atoms with van der Waals surface area (Å²) in [5.41, 5.74) is 1.05. The molecule has 0 spiro atoms. The Morgan fingerprint density at radius 1 is 1.08 bits per heavy atom.